The van der Waals surface area contributed by atoms with Crippen LogP contribution in [0.2, 0.25) is 0 Å². The molecule has 17 heavy (non-hydrogen) atoms. The highest BCUT2D eigenvalue weighted by atomic mass is 32.2. The van der Waals surface area contributed by atoms with Gasteiger partial charge in [0.2, 0.25) is 5.91 Å². The van der Waals surface area contributed by atoms with Crippen molar-refractivity contribution in [1.29, 1.82) is 0 Å². The number of imide groups is 1. The number of hydrogen-bond acceptors (Lipinski definition) is 4. The van der Waals surface area contributed by atoms with E-state index in [4.69, 9.17) is 5.11 Å². The van der Waals surface area contributed by atoms with Crippen molar-refractivity contribution in [2.45, 2.75) is 25.8 Å². The summed E-state index contributed by atoms with van der Waals surface area (Å²) in [5, 5.41) is 12.7. The summed E-state index contributed by atoms with van der Waals surface area (Å²) >= 11 is 0. The zero-order valence-electron chi connectivity index (χ0n) is 9.69. The van der Waals surface area contributed by atoms with Crippen molar-refractivity contribution >= 4 is 28.7 Å². The highest BCUT2D eigenvalue weighted by Crippen LogP contribution is 1.89. The minimum Gasteiger partial charge on any atom is -0.481 e. The lowest BCUT2D eigenvalue weighted by Gasteiger charge is -2.12. The third-order valence-electron chi connectivity index (χ3n) is 1.68. The van der Waals surface area contributed by atoms with Crippen LogP contribution in [0, 0.1) is 0 Å². The van der Waals surface area contributed by atoms with Gasteiger partial charge in [0, 0.05) is 35.3 Å². The van der Waals surface area contributed by atoms with Gasteiger partial charge in [-0.25, -0.2) is 4.79 Å². The summed E-state index contributed by atoms with van der Waals surface area (Å²) in [4.78, 5) is 32.4. The number of hydrogen-bond donors (Lipinski definition) is 3. The van der Waals surface area contributed by atoms with Gasteiger partial charge < -0.3 is 10.4 Å². The maximum atomic E-state index is 11.2. The Bertz CT molecular complexity index is 331. The van der Waals surface area contributed by atoms with E-state index in [1.807, 2.05) is 5.32 Å². The maximum absolute atomic E-state index is 11.2. The largest absolute Gasteiger partial charge is 0.481 e. The molecule has 0 aliphatic rings. The average Bonchev–Trinajstić information content (AvgIpc) is 2.12. The quantitative estimate of drug-likeness (QED) is 0.595. The van der Waals surface area contributed by atoms with Gasteiger partial charge in [-0.3, -0.25) is 19.1 Å². The summed E-state index contributed by atoms with van der Waals surface area (Å²) in [6, 6.07) is -1.04. The van der Waals surface area contributed by atoms with Crippen LogP contribution in [0.1, 0.15) is 19.8 Å². The third-order valence-corrected chi connectivity index (χ3v) is 2.65. The van der Waals surface area contributed by atoms with E-state index in [9.17, 15) is 18.6 Å². The molecule has 0 aromatic rings. The first-order valence-electron chi connectivity index (χ1n) is 4.93. The van der Waals surface area contributed by atoms with Crippen LogP contribution < -0.4 is 10.6 Å². The number of carbonyl (C=O) groups is 3. The van der Waals surface area contributed by atoms with Crippen molar-refractivity contribution in [2.24, 2.45) is 0 Å². The van der Waals surface area contributed by atoms with Crippen molar-refractivity contribution in [3.63, 3.8) is 0 Å². The summed E-state index contributed by atoms with van der Waals surface area (Å²) in [5.41, 5.74) is 0. The van der Waals surface area contributed by atoms with Crippen LogP contribution in [0.5, 0.6) is 0 Å². The highest BCUT2D eigenvalue weighted by molar-refractivity contribution is 7.84. The fraction of sp³-hybridized carbons (Fsp3) is 0.667. The van der Waals surface area contributed by atoms with Crippen molar-refractivity contribution in [3.8, 4) is 0 Å². The number of carbonyl (C=O) groups excluding carboxylic acids is 2. The molecule has 0 bridgehead atoms. The second kappa shape index (κ2) is 7.77. The predicted octanol–water partition coefficient (Wildman–Crippen LogP) is -0.556. The van der Waals surface area contributed by atoms with Gasteiger partial charge >= 0.3 is 12.0 Å². The molecule has 0 aromatic carbocycles. The van der Waals surface area contributed by atoms with Gasteiger partial charge in [0.05, 0.1) is 6.42 Å². The van der Waals surface area contributed by atoms with Crippen LogP contribution in [0.4, 0.5) is 4.79 Å². The van der Waals surface area contributed by atoms with Crippen molar-refractivity contribution in [1.82, 2.24) is 10.6 Å². The second-order valence-electron chi connectivity index (χ2n) is 3.56. The minimum absolute atomic E-state index is 0.253. The van der Waals surface area contributed by atoms with Gasteiger partial charge in [-0.2, -0.15) is 0 Å². The van der Waals surface area contributed by atoms with E-state index < -0.39 is 28.7 Å². The molecule has 0 aliphatic heterocycles. The van der Waals surface area contributed by atoms with Gasteiger partial charge in [0.1, 0.15) is 0 Å². The van der Waals surface area contributed by atoms with Crippen LogP contribution in [-0.4, -0.2) is 45.3 Å². The molecule has 98 valence electrons. The first-order valence-corrected chi connectivity index (χ1v) is 6.66. The molecular formula is C9H16N2O5S. The summed E-state index contributed by atoms with van der Waals surface area (Å²) in [7, 11) is -1.04. The van der Waals surface area contributed by atoms with Crippen molar-refractivity contribution in [3.05, 3.63) is 0 Å². The Kier molecular flexibility index (Phi) is 7.11. The SMILES string of the molecule is CC(CS(C)=O)NC(=O)NC(=O)CCC(=O)O. The predicted molar refractivity (Wildman–Crippen MR) is 61.9 cm³/mol. The Hall–Kier alpha value is -1.44. The van der Waals surface area contributed by atoms with E-state index >= 15 is 0 Å². The van der Waals surface area contributed by atoms with E-state index in [1.165, 1.54) is 6.26 Å². The van der Waals surface area contributed by atoms with Crippen molar-refractivity contribution in [2.75, 3.05) is 12.0 Å². The zero-order valence-corrected chi connectivity index (χ0v) is 10.5. The Morgan fingerprint density at radius 3 is 2.35 bits per heavy atom. The van der Waals surface area contributed by atoms with Crippen LogP contribution in [0.3, 0.4) is 0 Å². The molecule has 0 spiro atoms. The van der Waals surface area contributed by atoms with Crippen LogP contribution in [0.15, 0.2) is 0 Å². The molecule has 0 radical (unpaired) electrons. The number of nitrogens with one attached hydrogen (secondary N) is 2. The van der Waals surface area contributed by atoms with E-state index in [2.05, 4.69) is 5.32 Å². The first kappa shape index (κ1) is 15.6. The van der Waals surface area contributed by atoms with E-state index in [0.717, 1.165) is 0 Å². The first-order chi connectivity index (χ1) is 7.81. The van der Waals surface area contributed by atoms with Gasteiger partial charge in [0.15, 0.2) is 0 Å². The number of urea groups is 1. The normalized spacial score (nSPS) is 13.5. The summed E-state index contributed by atoms with van der Waals surface area (Å²) in [6.07, 6.45) is 0.929. The highest BCUT2D eigenvalue weighted by Gasteiger charge is 2.12. The second-order valence-corrected chi connectivity index (χ2v) is 5.04. The van der Waals surface area contributed by atoms with E-state index in [-0.39, 0.29) is 24.6 Å². The molecule has 0 saturated heterocycles. The molecule has 0 saturated carbocycles. The molecule has 2 unspecified atom stereocenters. The van der Waals surface area contributed by atoms with Gasteiger partial charge in [-0.1, -0.05) is 0 Å². The molecule has 0 rings (SSSR count). The molecule has 8 heteroatoms. The number of carboxylic acids is 1. The maximum Gasteiger partial charge on any atom is 0.321 e. The zero-order chi connectivity index (χ0) is 13.4. The molecule has 0 heterocycles. The third kappa shape index (κ3) is 9.49. The molecule has 7 nitrogen and oxygen atoms in total. The molecule has 3 N–H and O–H groups in total. The molecule has 0 aromatic heterocycles. The molecule has 3 amide bonds. The minimum atomic E-state index is -1.10. The monoisotopic (exact) mass is 264 g/mol. The smallest absolute Gasteiger partial charge is 0.321 e. The molecule has 0 aliphatic carbocycles. The summed E-state index contributed by atoms with van der Waals surface area (Å²) < 4.78 is 10.8. The van der Waals surface area contributed by atoms with Crippen molar-refractivity contribution < 1.29 is 23.7 Å². The Balaban J connectivity index is 3.89. The number of aliphatic carboxylic acids is 1. The molecule has 0 fully saturated rings. The molecular weight excluding hydrogens is 248 g/mol. The topological polar surface area (TPSA) is 113 Å². The van der Waals surface area contributed by atoms with E-state index in [1.54, 1.807) is 6.92 Å². The van der Waals surface area contributed by atoms with Crippen LogP contribution in [-0.2, 0) is 20.4 Å². The Morgan fingerprint density at radius 2 is 1.88 bits per heavy atom. The Labute approximate surface area is 101 Å². The Morgan fingerprint density at radius 1 is 1.29 bits per heavy atom. The lowest BCUT2D eigenvalue weighted by Crippen LogP contribution is -2.45. The summed E-state index contributed by atoms with van der Waals surface area (Å²) in [6.45, 7) is 1.66. The standard InChI is InChI=1S/C9H16N2O5S/c1-6(5-17(2)16)10-9(15)11-7(12)3-4-8(13)14/h6H,3-5H2,1-2H3,(H,13,14)(H2,10,11,12,15). The fourth-order valence-electron chi connectivity index (χ4n) is 1.06. The van der Waals surface area contributed by atoms with E-state index in [0.29, 0.717) is 0 Å². The fourth-order valence-corrected chi connectivity index (χ4v) is 1.85. The van der Waals surface area contributed by atoms with Gasteiger partial charge in [-0.15, -0.1) is 0 Å². The van der Waals surface area contributed by atoms with Gasteiger partial charge in [0.25, 0.3) is 0 Å². The van der Waals surface area contributed by atoms with Gasteiger partial charge in [-0.05, 0) is 6.92 Å². The summed E-state index contributed by atoms with van der Waals surface area (Å²) in [5.74, 6) is -1.47. The van der Waals surface area contributed by atoms with Crippen LogP contribution in [0.25, 0.3) is 0 Å². The lowest BCUT2D eigenvalue weighted by molar-refractivity contribution is -0.138. The lowest BCUT2D eigenvalue weighted by atomic mass is 10.3. The number of carboxylic acid groups (broad SMARTS) is 1. The van der Waals surface area contributed by atoms with Crippen LogP contribution >= 0.6 is 0 Å². The molecule has 2 atom stereocenters. The number of rotatable bonds is 6. The number of amides is 3. The average molecular weight is 264 g/mol.